The van der Waals surface area contributed by atoms with Crippen LogP contribution in [0.25, 0.3) is 0 Å². The Hall–Kier alpha value is -2.16. The minimum absolute atomic E-state index is 0.900. The first-order valence-electron chi connectivity index (χ1n) is 5.98. The van der Waals surface area contributed by atoms with Crippen LogP contribution in [0.4, 0.5) is 0 Å². The van der Waals surface area contributed by atoms with Crippen molar-refractivity contribution in [3.8, 4) is 0 Å². The Kier molecular flexibility index (Phi) is 2.40. The molecule has 18 heavy (non-hydrogen) atoms. The van der Waals surface area contributed by atoms with Crippen LogP contribution in [0.5, 0.6) is 0 Å². The van der Waals surface area contributed by atoms with Crippen LogP contribution >= 0.6 is 0 Å². The number of fused-ring (bicyclic) bond motifs is 1. The van der Waals surface area contributed by atoms with E-state index < -0.39 is 0 Å². The summed E-state index contributed by atoms with van der Waals surface area (Å²) < 4.78 is 7.63. The molecule has 1 aromatic carbocycles. The van der Waals surface area contributed by atoms with Crippen LogP contribution in [0.1, 0.15) is 13.8 Å². The molecule has 90 valence electrons. The zero-order valence-corrected chi connectivity index (χ0v) is 10.8. The van der Waals surface area contributed by atoms with Gasteiger partial charge >= 0.3 is 5.82 Å². The van der Waals surface area contributed by atoms with Gasteiger partial charge in [-0.05, 0) is 43.1 Å². The molecule has 0 saturated heterocycles. The second-order valence-electron chi connectivity index (χ2n) is 4.55. The van der Waals surface area contributed by atoms with Crippen molar-refractivity contribution in [1.29, 1.82) is 0 Å². The molecular weight excluding hydrogens is 224 g/mol. The van der Waals surface area contributed by atoms with Crippen LogP contribution in [0.15, 0.2) is 64.3 Å². The zero-order chi connectivity index (χ0) is 12.7. The molecule has 0 saturated carbocycles. The molecule has 0 radical (unpaired) electrons. The first-order valence-corrected chi connectivity index (χ1v) is 5.98. The molecule has 0 fully saturated rings. The highest BCUT2D eigenvalue weighted by molar-refractivity contribution is 5.40. The molecule has 0 aliphatic carbocycles. The molecule has 2 heterocycles. The fourth-order valence-corrected chi connectivity index (χ4v) is 2.33. The summed E-state index contributed by atoms with van der Waals surface area (Å²) in [4.78, 5) is 4.69. The molecule has 0 amide bonds. The number of para-hydroxylation sites is 2. The Labute approximate surface area is 106 Å². The maximum absolute atomic E-state index is 5.52. The Morgan fingerprint density at radius 2 is 1.72 bits per heavy atom. The monoisotopic (exact) mass is 239 g/mol. The number of rotatable bonds is 0. The third-order valence-corrected chi connectivity index (χ3v) is 3.08. The van der Waals surface area contributed by atoms with Crippen molar-refractivity contribution in [2.75, 3.05) is 7.05 Å². The summed E-state index contributed by atoms with van der Waals surface area (Å²) in [6.07, 6.45) is 4.04. The molecular formula is C15H15N2O+. The molecule has 0 bridgehead atoms. The molecule has 3 nitrogen and oxygen atoms in total. The fraction of sp³-hybridized carbons (Fsp3) is 0.200. The van der Waals surface area contributed by atoms with Gasteiger partial charge in [0, 0.05) is 0 Å². The number of ether oxygens (including phenoxy) is 1. The van der Waals surface area contributed by atoms with Crippen LogP contribution in [0, 0.1) is 0 Å². The average Bonchev–Trinajstić information content (AvgIpc) is 2.66. The van der Waals surface area contributed by atoms with Crippen molar-refractivity contribution in [3.63, 3.8) is 0 Å². The van der Waals surface area contributed by atoms with Gasteiger partial charge in [-0.15, -0.1) is 0 Å². The van der Waals surface area contributed by atoms with Crippen molar-refractivity contribution < 1.29 is 4.74 Å². The Morgan fingerprint density at radius 1 is 1.06 bits per heavy atom. The van der Waals surface area contributed by atoms with Crippen LogP contribution < -0.4 is 15.3 Å². The summed E-state index contributed by atoms with van der Waals surface area (Å²) in [7, 11) is 2.04. The van der Waals surface area contributed by atoms with Gasteiger partial charge in [0.05, 0.1) is 12.6 Å². The number of hydrogen-bond acceptors (Lipinski definition) is 2. The topological polar surface area (TPSA) is 24.6 Å². The summed E-state index contributed by atoms with van der Waals surface area (Å²) >= 11 is 0. The Bertz CT molecular complexity index is 716. The lowest BCUT2D eigenvalue weighted by Gasteiger charge is -2.11. The van der Waals surface area contributed by atoms with Gasteiger partial charge in [-0.3, -0.25) is 0 Å². The van der Waals surface area contributed by atoms with Crippen molar-refractivity contribution in [2.24, 2.45) is 4.99 Å². The standard InChI is InChI=1S/C15H15N2O/c1-10-8-12(9-11(2)18-10)15-16-13-6-4-5-7-14(13)17(15)3/h4-9H,1-3H3/q+1. The maximum atomic E-state index is 5.52. The van der Waals surface area contributed by atoms with Gasteiger partial charge in [0.2, 0.25) is 5.36 Å². The zero-order valence-electron chi connectivity index (χ0n) is 10.8. The maximum Gasteiger partial charge on any atom is 0.331 e. The van der Waals surface area contributed by atoms with Gasteiger partial charge in [0.1, 0.15) is 11.5 Å². The van der Waals surface area contributed by atoms with E-state index >= 15 is 0 Å². The van der Waals surface area contributed by atoms with Gasteiger partial charge in [0.25, 0.3) is 0 Å². The highest BCUT2D eigenvalue weighted by atomic mass is 16.5. The van der Waals surface area contributed by atoms with E-state index in [-0.39, 0.29) is 0 Å². The number of benzene rings is 1. The first-order chi connectivity index (χ1) is 8.65. The van der Waals surface area contributed by atoms with E-state index in [4.69, 9.17) is 4.74 Å². The minimum Gasteiger partial charge on any atom is -0.467 e. The van der Waals surface area contributed by atoms with Crippen molar-refractivity contribution in [2.45, 2.75) is 13.8 Å². The second kappa shape index (κ2) is 3.95. The average molecular weight is 239 g/mol. The van der Waals surface area contributed by atoms with E-state index in [9.17, 15) is 0 Å². The Morgan fingerprint density at radius 3 is 2.39 bits per heavy atom. The summed E-state index contributed by atoms with van der Waals surface area (Å²) in [6.45, 7) is 3.91. The van der Waals surface area contributed by atoms with Gasteiger partial charge in [-0.25, -0.2) is 4.58 Å². The van der Waals surface area contributed by atoms with Crippen molar-refractivity contribution >= 4 is 0 Å². The predicted molar refractivity (Wildman–Crippen MR) is 70.0 cm³/mol. The molecule has 0 aromatic heterocycles. The molecule has 0 N–H and O–H groups in total. The van der Waals surface area contributed by atoms with E-state index in [1.807, 2.05) is 51.2 Å². The van der Waals surface area contributed by atoms with Gasteiger partial charge in [0.15, 0.2) is 5.36 Å². The van der Waals surface area contributed by atoms with Crippen LogP contribution in [-0.4, -0.2) is 7.05 Å². The second-order valence-corrected chi connectivity index (χ2v) is 4.55. The van der Waals surface area contributed by atoms with Gasteiger partial charge in [-0.2, -0.15) is 0 Å². The van der Waals surface area contributed by atoms with E-state index in [2.05, 4.69) is 15.6 Å². The third-order valence-electron chi connectivity index (χ3n) is 3.08. The third kappa shape index (κ3) is 1.68. The lowest BCUT2D eigenvalue weighted by Crippen LogP contribution is -2.30. The SMILES string of the molecule is CC1=CC(=C2N=c3ccccc3=[N+]2C)C=C(C)O1. The molecule has 0 atom stereocenters. The quantitative estimate of drug-likeness (QED) is 0.629. The molecule has 0 unspecified atom stereocenters. The van der Waals surface area contributed by atoms with E-state index in [0.29, 0.717) is 0 Å². The smallest absolute Gasteiger partial charge is 0.331 e. The fourth-order valence-electron chi connectivity index (χ4n) is 2.33. The van der Waals surface area contributed by atoms with E-state index in [0.717, 1.165) is 33.6 Å². The highest BCUT2D eigenvalue weighted by Crippen LogP contribution is 2.21. The normalized spacial score (nSPS) is 17.8. The van der Waals surface area contributed by atoms with Gasteiger partial charge < -0.3 is 4.74 Å². The van der Waals surface area contributed by atoms with Crippen LogP contribution in [0.3, 0.4) is 0 Å². The molecule has 2 aliphatic rings. The summed E-state index contributed by atoms with van der Waals surface area (Å²) in [5, 5.41) is 2.16. The highest BCUT2D eigenvalue weighted by Gasteiger charge is 2.22. The van der Waals surface area contributed by atoms with Crippen LogP contribution in [-0.2, 0) is 4.74 Å². The summed E-state index contributed by atoms with van der Waals surface area (Å²) in [6, 6.07) is 8.16. The van der Waals surface area contributed by atoms with E-state index in [1.165, 1.54) is 0 Å². The Balaban J connectivity index is 2.28. The molecule has 3 rings (SSSR count). The molecule has 2 aliphatic heterocycles. The largest absolute Gasteiger partial charge is 0.467 e. The lowest BCUT2D eigenvalue weighted by molar-refractivity contribution is 0.304. The van der Waals surface area contributed by atoms with E-state index in [1.54, 1.807) is 0 Å². The number of hydrogen-bond donors (Lipinski definition) is 0. The molecule has 1 aromatic rings. The lowest BCUT2D eigenvalue weighted by atomic mass is 10.1. The summed E-state index contributed by atoms with van der Waals surface area (Å²) in [5.41, 5.74) is 1.09. The van der Waals surface area contributed by atoms with Gasteiger partial charge in [-0.1, -0.05) is 12.1 Å². The van der Waals surface area contributed by atoms with Crippen molar-refractivity contribution in [1.82, 2.24) is 4.58 Å². The predicted octanol–water partition coefficient (Wildman–Crippen LogP) is 1.49. The molecule has 0 spiro atoms. The van der Waals surface area contributed by atoms with Crippen molar-refractivity contribution in [3.05, 3.63) is 70.0 Å². The number of nitrogens with zero attached hydrogens (tertiary/aromatic N) is 2. The first kappa shape index (κ1) is 11.0. The minimum atomic E-state index is 0.900. The summed E-state index contributed by atoms with van der Waals surface area (Å²) in [5.74, 6) is 2.77. The number of allylic oxidation sites excluding steroid dienone is 5. The molecule has 3 heteroatoms. The van der Waals surface area contributed by atoms with Crippen LogP contribution in [0.2, 0.25) is 0 Å².